The van der Waals surface area contributed by atoms with E-state index in [0.717, 1.165) is 6.42 Å². The Labute approximate surface area is 117 Å². The normalized spacial score (nSPS) is 22.9. The Hall–Kier alpha value is -2.13. The summed E-state index contributed by atoms with van der Waals surface area (Å²) in [7, 11) is 0. The molecular formula is C14H17N3O3. The van der Waals surface area contributed by atoms with Gasteiger partial charge in [-0.05, 0) is 38.3 Å². The molecule has 106 valence electrons. The molecule has 6 heteroatoms. The minimum Gasteiger partial charge on any atom is -0.390 e. The lowest BCUT2D eigenvalue weighted by Gasteiger charge is -2.24. The molecule has 0 radical (unpaired) electrons. The van der Waals surface area contributed by atoms with E-state index in [9.17, 15) is 15.2 Å². The van der Waals surface area contributed by atoms with Crippen molar-refractivity contribution in [2.45, 2.75) is 31.8 Å². The van der Waals surface area contributed by atoms with Gasteiger partial charge in [-0.15, -0.1) is 0 Å². The second kappa shape index (κ2) is 5.47. The van der Waals surface area contributed by atoms with Gasteiger partial charge in [-0.25, -0.2) is 0 Å². The van der Waals surface area contributed by atoms with E-state index < -0.39 is 10.5 Å². The molecule has 1 fully saturated rings. The number of para-hydroxylation sites is 1. The molecule has 1 heterocycles. The van der Waals surface area contributed by atoms with E-state index in [4.69, 9.17) is 5.26 Å². The van der Waals surface area contributed by atoms with E-state index in [1.807, 2.05) is 11.0 Å². The van der Waals surface area contributed by atoms with Gasteiger partial charge in [0.15, 0.2) is 0 Å². The molecule has 0 spiro atoms. The topological polar surface area (TPSA) is 90.4 Å². The predicted molar refractivity (Wildman–Crippen MR) is 74.5 cm³/mol. The van der Waals surface area contributed by atoms with Crippen LogP contribution in [0.4, 0.5) is 11.4 Å². The Bertz CT molecular complexity index is 563. The molecule has 1 aliphatic heterocycles. The fourth-order valence-corrected chi connectivity index (χ4v) is 2.57. The minimum atomic E-state index is -0.726. The lowest BCUT2D eigenvalue weighted by molar-refractivity contribution is -0.384. The molecule has 6 nitrogen and oxygen atoms in total. The average molecular weight is 275 g/mol. The monoisotopic (exact) mass is 275 g/mol. The summed E-state index contributed by atoms with van der Waals surface area (Å²) in [5.41, 5.74) is -0.331. The van der Waals surface area contributed by atoms with Crippen LogP contribution in [0, 0.1) is 21.4 Å². The molecule has 1 aromatic rings. The van der Waals surface area contributed by atoms with Crippen LogP contribution in [0.1, 0.15) is 31.7 Å². The molecule has 0 aromatic heterocycles. The van der Waals surface area contributed by atoms with Gasteiger partial charge < -0.3 is 10.0 Å². The van der Waals surface area contributed by atoms with E-state index in [-0.39, 0.29) is 11.3 Å². The van der Waals surface area contributed by atoms with E-state index in [1.54, 1.807) is 19.1 Å². The molecule has 0 bridgehead atoms. The van der Waals surface area contributed by atoms with Crippen molar-refractivity contribution < 1.29 is 10.0 Å². The average Bonchev–Trinajstić information content (AvgIpc) is 2.58. The molecule has 0 amide bonds. The highest BCUT2D eigenvalue weighted by atomic mass is 16.6. The summed E-state index contributed by atoms with van der Waals surface area (Å²) in [6, 6.07) is 6.65. The van der Waals surface area contributed by atoms with Crippen molar-refractivity contribution in [1.82, 2.24) is 0 Å². The predicted octanol–water partition coefficient (Wildman–Crippen LogP) is 2.21. The number of aliphatic hydroxyl groups is 1. The molecule has 0 saturated carbocycles. The molecule has 20 heavy (non-hydrogen) atoms. The summed E-state index contributed by atoms with van der Waals surface area (Å²) in [5.74, 6) is 0. The van der Waals surface area contributed by atoms with Gasteiger partial charge in [0.05, 0.1) is 10.5 Å². The summed E-state index contributed by atoms with van der Waals surface area (Å²) >= 11 is 0. The molecule has 1 aliphatic rings. The van der Waals surface area contributed by atoms with Gasteiger partial charge in [0.1, 0.15) is 17.3 Å². The highest BCUT2D eigenvalue weighted by Crippen LogP contribution is 2.34. The summed E-state index contributed by atoms with van der Waals surface area (Å²) in [6.07, 6.45) is 2.00. The van der Waals surface area contributed by atoms with Crippen LogP contribution in [0.25, 0.3) is 0 Å². The number of benzene rings is 1. The third-order valence-electron chi connectivity index (χ3n) is 3.72. The lowest BCUT2D eigenvalue weighted by atomic mass is 9.98. The van der Waals surface area contributed by atoms with Gasteiger partial charge in [-0.1, -0.05) is 6.07 Å². The first-order valence-corrected chi connectivity index (χ1v) is 6.59. The van der Waals surface area contributed by atoms with E-state index in [2.05, 4.69) is 0 Å². The lowest BCUT2D eigenvalue weighted by Crippen LogP contribution is -2.28. The highest BCUT2D eigenvalue weighted by molar-refractivity contribution is 5.69. The van der Waals surface area contributed by atoms with Crippen molar-refractivity contribution in [2.24, 2.45) is 0 Å². The minimum absolute atomic E-state index is 0.0727. The number of nitro benzene ring substituents is 1. The third-order valence-corrected chi connectivity index (χ3v) is 3.72. The van der Waals surface area contributed by atoms with Crippen LogP contribution < -0.4 is 4.90 Å². The Morgan fingerprint density at radius 3 is 2.85 bits per heavy atom. The van der Waals surface area contributed by atoms with Crippen LogP contribution >= 0.6 is 0 Å². The molecule has 0 aliphatic carbocycles. The Balaban J connectivity index is 2.38. The van der Waals surface area contributed by atoms with Crippen LogP contribution in [0.2, 0.25) is 0 Å². The van der Waals surface area contributed by atoms with Crippen molar-refractivity contribution in [3.63, 3.8) is 0 Å². The number of hydrogen-bond donors (Lipinski definition) is 1. The number of nitro groups is 1. The second-order valence-corrected chi connectivity index (χ2v) is 5.38. The quantitative estimate of drug-likeness (QED) is 0.660. The first kappa shape index (κ1) is 14.3. The largest absolute Gasteiger partial charge is 0.390 e. The second-order valence-electron chi connectivity index (χ2n) is 5.38. The highest BCUT2D eigenvalue weighted by Gasteiger charge is 2.29. The number of nitriles is 1. The standard InChI is InChI=1S/C14H17N3O3/c1-14(18)6-3-8-16(9-7-14)12-5-2-4-11(10-15)13(12)17(19)20/h2,4-5,18H,3,6-9H2,1H3. The summed E-state index contributed by atoms with van der Waals surface area (Å²) in [6.45, 7) is 2.98. The molecule has 1 atom stereocenters. The fourth-order valence-electron chi connectivity index (χ4n) is 2.57. The van der Waals surface area contributed by atoms with E-state index in [1.165, 1.54) is 6.07 Å². The molecule has 1 unspecified atom stereocenters. The Kier molecular flexibility index (Phi) is 3.91. The van der Waals surface area contributed by atoms with Crippen LogP contribution in [0.3, 0.4) is 0 Å². The number of anilines is 1. The van der Waals surface area contributed by atoms with Gasteiger partial charge >= 0.3 is 5.69 Å². The molecule has 2 rings (SSSR count). The van der Waals surface area contributed by atoms with Crippen molar-refractivity contribution >= 4 is 11.4 Å². The van der Waals surface area contributed by atoms with E-state index >= 15 is 0 Å². The van der Waals surface area contributed by atoms with E-state index in [0.29, 0.717) is 31.6 Å². The Morgan fingerprint density at radius 1 is 1.45 bits per heavy atom. The fraction of sp³-hybridized carbons (Fsp3) is 0.500. The zero-order chi connectivity index (χ0) is 14.8. The maximum atomic E-state index is 11.2. The van der Waals surface area contributed by atoms with Gasteiger partial charge in [0, 0.05) is 13.1 Å². The van der Waals surface area contributed by atoms with Crippen molar-refractivity contribution in [3.05, 3.63) is 33.9 Å². The molecule has 1 N–H and O–H groups in total. The van der Waals surface area contributed by atoms with Crippen molar-refractivity contribution in [1.29, 1.82) is 5.26 Å². The van der Waals surface area contributed by atoms with Crippen LogP contribution in [-0.2, 0) is 0 Å². The van der Waals surface area contributed by atoms with Gasteiger partial charge in [0.25, 0.3) is 0 Å². The maximum Gasteiger partial charge on any atom is 0.310 e. The third kappa shape index (κ3) is 2.89. The van der Waals surface area contributed by atoms with Crippen molar-refractivity contribution in [3.8, 4) is 6.07 Å². The molecule has 1 aromatic carbocycles. The van der Waals surface area contributed by atoms with Gasteiger partial charge in [-0.3, -0.25) is 10.1 Å². The first-order chi connectivity index (χ1) is 9.44. The molecule has 1 saturated heterocycles. The van der Waals surface area contributed by atoms with Gasteiger partial charge in [-0.2, -0.15) is 5.26 Å². The zero-order valence-electron chi connectivity index (χ0n) is 11.4. The summed E-state index contributed by atoms with van der Waals surface area (Å²) in [5, 5.41) is 30.3. The number of nitrogens with zero attached hydrogens (tertiary/aromatic N) is 3. The number of rotatable bonds is 2. The first-order valence-electron chi connectivity index (χ1n) is 6.59. The van der Waals surface area contributed by atoms with Crippen LogP contribution in [0.15, 0.2) is 18.2 Å². The van der Waals surface area contributed by atoms with Crippen LogP contribution in [0.5, 0.6) is 0 Å². The summed E-state index contributed by atoms with van der Waals surface area (Å²) in [4.78, 5) is 12.6. The maximum absolute atomic E-state index is 11.2. The summed E-state index contributed by atoms with van der Waals surface area (Å²) < 4.78 is 0. The van der Waals surface area contributed by atoms with Crippen LogP contribution in [-0.4, -0.2) is 28.7 Å². The Morgan fingerprint density at radius 2 is 2.20 bits per heavy atom. The number of hydrogen-bond acceptors (Lipinski definition) is 5. The zero-order valence-corrected chi connectivity index (χ0v) is 11.4. The molecular weight excluding hydrogens is 258 g/mol. The van der Waals surface area contributed by atoms with Crippen molar-refractivity contribution in [2.75, 3.05) is 18.0 Å². The smallest absolute Gasteiger partial charge is 0.310 e. The van der Waals surface area contributed by atoms with Gasteiger partial charge in [0.2, 0.25) is 0 Å². The SMILES string of the molecule is CC1(O)CCCN(c2cccc(C#N)c2[N+](=O)[O-])CC1.